The predicted molar refractivity (Wildman–Crippen MR) is 125 cm³/mol. The number of amides is 2. The molecule has 0 spiro atoms. The van der Waals surface area contributed by atoms with E-state index in [0.717, 1.165) is 6.07 Å². The molecule has 0 aliphatic heterocycles. The van der Waals surface area contributed by atoms with Crippen LogP contribution in [0.25, 0.3) is 0 Å². The van der Waals surface area contributed by atoms with Crippen molar-refractivity contribution in [3.8, 4) is 17.2 Å². The van der Waals surface area contributed by atoms with E-state index in [0.29, 0.717) is 24.1 Å². The van der Waals surface area contributed by atoms with Gasteiger partial charge in [0, 0.05) is 12.2 Å². The summed E-state index contributed by atoms with van der Waals surface area (Å²) in [6, 6.07) is 14.9. The van der Waals surface area contributed by atoms with Gasteiger partial charge in [0.05, 0.1) is 7.11 Å². The second kappa shape index (κ2) is 9.88. The van der Waals surface area contributed by atoms with Crippen LogP contribution >= 0.6 is 0 Å². The Kier molecular flexibility index (Phi) is 6.87. The van der Waals surface area contributed by atoms with E-state index in [2.05, 4.69) is 15.6 Å². The molecule has 10 heteroatoms. The molecule has 1 aromatic heterocycles. The van der Waals surface area contributed by atoms with Crippen molar-refractivity contribution in [3.63, 3.8) is 0 Å². The van der Waals surface area contributed by atoms with Gasteiger partial charge in [-0.05, 0) is 67.8 Å². The number of nitrogens with zero attached hydrogens (tertiary/aromatic N) is 1. The van der Waals surface area contributed by atoms with Gasteiger partial charge in [-0.1, -0.05) is 18.2 Å². The van der Waals surface area contributed by atoms with Crippen LogP contribution in [0.4, 0.5) is 13.2 Å². The number of carbonyl (C=O) groups excluding carboxylic acids is 2. The number of benzene rings is 2. The van der Waals surface area contributed by atoms with E-state index in [-0.39, 0.29) is 35.4 Å². The minimum atomic E-state index is -4.61. The molecule has 3 aromatic rings. The van der Waals surface area contributed by atoms with E-state index < -0.39 is 23.2 Å². The topological polar surface area (TPSA) is 89.5 Å². The van der Waals surface area contributed by atoms with Gasteiger partial charge in [-0.15, -0.1) is 0 Å². The molecule has 1 aliphatic carbocycles. The summed E-state index contributed by atoms with van der Waals surface area (Å²) in [4.78, 5) is 29.4. The highest BCUT2D eigenvalue weighted by Gasteiger charge is 2.51. The van der Waals surface area contributed by atoms with Crippen molar-refractivity contribution in [1.82, 2.24) is 15.6 Å². The smallest absolute Gasteiger partial charge is 0.420 e. The summed E-state index contributed by atoms with van der Waals surface area (Å²) in [5.74, 6) is -0.793. The highest BCUT2D eigenvalue weighted by Crippen LogP contribution is 2.40. The highest BCUT2D eigenvalue weighted by molar-refractivity contribution is 5.99. The van der Waals surface area contributed by atoms with Crippen molar-refractivity contribution in [2.45, 2.75) is 38.0 Å². The van der Waals surface area contributed by atoms with Crippen LogP contribution < -0.4 is 20.1 Å². The van der Waals surface area contributed by atoms with Gasteiger partial charge < -0.3 is 20.1 Å². The van der Waals surface area contributed by atoms with Gasteiger partial charge in [-0.2, -0.15) is 13.2 Å². The van der Waals surface area contributed by atoms with Gasteiger partial charge in [0.15, 0.2) is 0 Å². The Labute approximate surface area is 205 Å². The number of hydrogen-bond donors (Lipinski definition) is 2. The maximum Gasteiger partial charge on any atom is 0.420 e. The first-order chi connectivity index (χ1) is 17.1. The van der Waals surface area contributed by atoms with Gasteiger partial charge in [0.2, 0.25) is 5.91 Å². The summed E-state index contributed by atoms with van der Waals surface area (Å²) in [5, 5.41) is 5.58. The fourth-order valence-electron chi connectivity index (χ4n) is 3.59. The molecule has 1 heterocycles. The minimum absolute atomic E-state index is 0.0699. The molecule has 4 rings (SSSR count). The van der Waals surface area contributed by atoms with Crippen LogP contribution in [0.5, 0.6) is 17.2 Å². The Balaban J connectivity index is 1.36. The van der Waals surface area contributed by atoms with Crippen molar-refractivity contribution in [3.05, 3.63) is 83.2 Å². The predicted octanol–water partition coefficient (Wildman–Crippen LogP) is 4.79. The average molecular weight is 499 g/mol. The number of pyridine rings is 1. The Morgan fingerprint density at radius 1 is 1.03 bits per heavy atom. The van der Waals surface area contributed by atoms with E-state index in [9.17, 15) is 22.8 Å². The molecule has 0 atom stereocenters. The normalized spacial score (nSPS) is 14.0. The zero-order valence-electron chi connectivity index (χ0n) is 19.6. The van der Waals surface area contributed by atoms with Crippen LogP contribution in [0.3, 0.4) is 0 Å². The van der Waals surface area contributed by atoms with Gasteiger partial charge >= 0.3 is 6.18 Å². The second-order valence-electron chi connectivity index (χ2n) is 8.49. The molecule has 1 aliphatic rings. The molecule has 1 fully saturated rings. The molecule has 1 saturated carbocycles. The molecule has 2 aromatic carbocycles. The Bertz CT molecular complexity index is 1270. The van der Waals surface area contributed by atoms with E-state index in [4.69, 9.17) is 9.47 Å². The van der Waals surface area contributed by atoms with E-state index >= 15 is 0 Å². The van der Waals surface area contributed by atoms with Crippen molar-refractivity contribution in [1.29, 1.82) is 0 Å². The third-order valence-corrected chi connectivity index (χ3v) is 5.75. The third-order valence-electron chi connectivity index (χ3n) is 5.75. The van der Waals surface area contributed by atoms with Crippen molar-refractivity contribution in [2.75, 3.05) is 7.11 Å². The van der Waals surface area contributed by atoms with E-state index in [1.54, 1.807) is 37.3 Å². The van der Waals surface area contributed by atoms with Crippen molar-refractivity contribution < 1.29 is 32.2 Å². The molecule has 2 N–H and O–H groups in total. The van der Waals surface area contributed by atoms with Crippen LogP contribution in [0, 0.1) is 6.92 Å². The van der Waals surface area contributed by atoms with Crippen molar-refractivity contribution >= 4 is 11.8 Å². The average Bonchev–Trinajstić information content (AvgIpc) is 3.63. The summed E-state index contributed by atoms with van der Waals surface area (Å²) < 4.78 is 50.5. The Morgan fingerprint density at radius 3 is 2.33 bits per heavy atom. The third kappa shape index (κ3) is 5.76. The van der Waals surface area contributed by atoms with Gasteiger partial charge in [0.25, 0.3) is 5.91 Å². The summed E-state index contributed by atoms with van der Waals surface area (Å²) in [5.41, 5.74) is -0.255. The van der Waals surface area contributed by atoms with Crippen LogP contribution in [-0.2, 0) is 17.5 Å². The summed E-state index contributed by atoms with van der Waals surface area (Å²) in [7, 11) is 1.29. The van der Waals surface area contributed by atoms with Gasteiger partial charge in [0.1, 0.15) is 34.0 Å². The maximum absolute atomic E-state index is 13.4. The number of rotatable bonds is 8. The lowest BCUT2D eigenvalue weighted by molar-refractivity contribution is -0.138. The van der Waals surface area contributed by atoms with Crippen molar-refractivity contribution in [2.24, 2.45) is 0 Å². The molecule has 7 nitrogen and oxygen atoms in total. The fraction of sp³-hybridized carbons (Fsp3) is 0.269. The molecule has 0 unspecified atom stereocenters. The quantitative estimate of drug-likeness (QED) is 0.465. The molecule has 0 radical (unpaired) electrons. The van der Waals surface area contributed by atoms with Crippen LogP contribution in [0.15, 0.2) is 60.7 Å². The molecule has 2 amide bonds. The van der Waals surface area contributed by atoms with E-state index in [1.807, 2.05) is 0 Å². The number of carbonyl (C=O) groups is 2. The van der Waals surface area contributed by atoms with Gasteiger partial charge in [-0.25, -0.2) is 4.98 Å². The fourth-order valence-corrected chi connectivity index (χ4v) is 3.59. The number of hydrogen-bond acceptors (Lipinski definition) is 5. The zero-order chi connectivity index (χ0) is 25.9. The van der Waals surface area contributed by atoms with E-state index in [1.165, 1.54) is 31.4 Å². The monoisotopic (exact) mass is 499 g/mol. The maximum atomic E-state index is 13.4. The molecular weight excluding hydrogens is 475 g/mol. The number of methoxy groups -OCH3 is 1. The number of nitrogens with one attached hydrogen (secondary N) is 2. The Hall–Kier alpha value is -4.08. The lowest BCUT2D eigenvalue weighted by Gasteiger charge is -2.17. The number of ether oxygens (including phenoxy) is 2. The standard InChI is InChI=1S/C26H24F3N3O4/c1-16-4-3-5-21(31-16)23(33)32-25(12-13-25)24(34)30-15-17-6-8-18(9-7-17)36-22-11-10-19(35-2)14-20(22)26(27,28)29/h3-11,14H,12-13,15H2,1-2H3,(H,30,34)(H,32,33). The number of aromatic nitrogens is 1. The summed E-state index contributed by atoms with van der Waals surface area (Å²) in [6.45, 7) is 1.95. The SMILES string of the molecule is COc1ccc(Oc2ccc(CNC(=O)C3(NC(=O)c4cccc(C)n4)CC3)cc2)c(C(F)(F)F)c1. The first-order valence-corrected chi connectivity index (χ1v) is 11.2. The zero-order valence-corrected chi connectivity index (χ0v) is 19.6. The van der Waals surface area contributed by atoms with Gasteiger partial charge in [-0.3, -0.25) is 9.59 Å². The minimum Gasteiger partial charge on any atom is -0.497 e. The highest BCUT2D eigenvalue weighted by atomic mass is 19.4. The van der Waals surface area contributed by atoms with Crippen LogP contribution in [0.2, 0.25) is 0 Å². The number of halogens is 3. The number of alkyl halides is 3. The molecule has 36 heavy (non-hydrogen) atoms. The number of aryl methyl sites for hydroxylation is 1. The Morgan fingerprint density at radius 2 is 1.72 bits per heavy atom. The first kappa shape index (κ1) is 25.0. The molecule has 188 valence electrons. The first-order valence-electron chi connectivity index (χ1n) is 11.2. The molecular formula is C26H24F3N3O4. The van der Waals surface area contributed by atoms with Crippen LogP contribution in [0.1, 0.15) is 40.2 Å². The largest absolute Gasteiger partial charge is 0.497 e. The lowest BCUT2D eigenvalue weighted by atomic mass is 10.1. The lowest BCUT2D eigenvalue weighted by Crippen LogP contribution is -2.49. The molecule has 0 saturated heterocycles. The second-order valence-corrected chi connectivity index (χ2v) is 8.49. The summed E-state index contributed by atoms with van der Waals surface area (Å²) in [6.07, 6.45) is -3.57. The van der Waals surface area contributed by atoms with Crippen LogP contribution in [-0.4, -0.2) is 29.4 Å². The molecule has 0 bridgehead atoms. The summed E-state index contributed by atoms with van der Waals surface area (Å²) >= 11 is 0.